The number of benzene rings is 1. The molecular formula is C15H18FN3OS. The highest BCUT2D eigenvalue weighted by Crippen LogP contribution is 2.29. The van der Waals surface area contributed by atoms with Gasteiger partial charge in [-0.1, -0.05) is 26.0 Å². The van der Waals surface area contributed by atoms with Crippen LogP contribution in [0, 0.1) is 11.7 Å². The van der Waals surface area contributed by atoms with Crippen LogP contribution in [0.5, 0.6) is 0 Å². The minimum atomic E-state index is -0.469. The Labute approximate surface area is 128 Å². The van der Waals surface area contributed by atoms with Crippen molar-refractivity contribution >= 4 is 23.5 Å². The van der Waals surface area contributed by atoms with Gasteiger partial charge < -0.3 is 0 Å². The van der Waals surface area contributed by atoms with Crippen molar-refractivity contribution in [2.24, 2.45) is 16.8 Å². The third-order valence-corrected chi connectivity index (χ3v) is 3.60. The van der Waals surface area contributed by atoms with Gasteiger partial charge in [0.15, 0.2) is 0 Å². The van der Waals surface area contributed by atoms with E-state index in [1.807, 2.05) is 13.8 Å². The van der Waals surface area contributed by atoms with Gasteiger partial charge in [0.2, 0.25) is 5.12 Å². The van der Waals surface area contributed by atoms with Gasteiger partial charge in [-0.25, -0.2) is 10.2 Å². The number of halogens is 1. The van der Waals surface area contributed by atoms with E-state index in [0.29, 0.717) is 11.4 Å². The molecular weight excluding hydrogens is 289 g/mol. The summed E-state index contributed by atoms with van der Waals surface area (Å²) in [6, 6.07) is 6.24. The number of hydrazine groups is 1. The molecule has 2 rings (SSSR count). The molecule has 0 saturated heterocycles. The number of rotatable bonds is 3. The van der Waals surface area contributed by atoms with Gasteiger partial charge in [-0.05, 0) is 25.0 Å². The number of nitrogens with two attached hydrogens (primary N) is 1. The maximum Gasteiger partial charge on any atom is 0.220 e. The third kappa shape index (κ3) is 2.87. The van der Waals surface area contributed by atoms with Gasteiger partial charge in [-0.3, -0.25) is 14.8 Å². The van der Waals surface area contributed by atoms with Crippen molar-refractivity contribution in [3.8, 4) is 0 Å². The normalized spacial score (nSPS) is 19.1. The molecule has 4 nitrogen and oxygen atoms in total. The quantitative estimate of drug-likeness (QED) is 0.666. The summed E-state index contributed by atoms with van der Waals surface area (Å²) in [7, 11) is 0. The van der Waals surface area contributed by atoms with Crippen LogP contribution in [0.1, 0.15) is 26.3 Å². The van der Waals surface area contributed by atoms with E-state index in [9.17, 15) is 9.18 Å². The first kappa shape index (κ1) is 15.7. The van der Waals surface area contributed by atoms with E-state index in [-0.39, 0.29) is 23.2 Å². The lowest BCUT2D eigenvalue weighted by atomic mass is 9.94. The molecule has 112 valence electrons. The number of carbonyl (C=O) groups excluding carboxylic acids is 1. The Bertz CT molecular complexity index is 640. The van der Waals surface area contributed by atoms with Crippen molar-refractivity contribution < 1.29 is 9.18 Å². The Balaban J connectivity index is 2.71. The van der Waals surface area contributed by atoms with Crippen LogP contribution in [-0.4, -0.2) is 22.0 Å². The third-order valence-electron chi connectivity index (χ3n) is 3.38. The number of aliphatic imine (C=N–C) groups is 1. The van der Waals surface area contributed by atoms with E-state index in [4.69, 9.17) is 5.84 Å². The zero-order chi connectivity index (χ0) is 15.7. The Hall–Kier alpha value is -1.66. The first-order valence-corrected chi connectivity index (χ1v) is 7.13. The maximum absolute atomic E-state index is 14.1. The summed E-state index contributed by atoms with van der Waals surface area (Å²) in [6.45, 7) is 5.63. The van der Waals surface area contributed by atoms with Crippen molar-refractivity contribution in [2.45, 2.75) is 26.9 Å². The van der Waals surface area contributed by atoms with Gasteiger partial charge >= 0.3 is 0 Å². The molecule has 1 heterocycles. The summed E-state index contributed by atoms with van der Waals surface area (Å²) in [5.41, 5.74) is 1.48. The number of allylic oxidation sites excluding steroid dienone is 1. The molecule has 0 fully saturated rings. The Kier molecular flexibility index (Phi) is 4.49. The molecule has 1 aliphatic rings. The van der Waals surface area contributed by atoms with E-state index in [2.05, 4.69) is 17.6 Å². The van der Waals surface area contributed by atoms with Crippen LogP contribution in [0.3, 0.4) is 0 Å². The second-order valence-corrected chi connectivity index (χ2v) is 5.62. The van der Waals surface area contributed by atoms with Crippen molar-refractivity contribution in [2.75, 3.05) is 0 Å². The zero-order valence-corrected chi connectivity index (χ0v) is 13.1. The predicted molar refractivity (Wildman–Crippen MR) is 84.3 cm³/mol. The predicted octanol–water partition coefficient (Wildman–Crippen LogP) is 2.52. The van der Waals surface area contributed by atoms with Crippen LogP contribution in [0.15, 0.2) is 40.5 Å². The maximum atomic E-state index is 14.1. The highest BCUT2D eigenvalue weighted by molar-refractivity contribution is 7.97. The summed E-state index contributed by atoms with van der Waals surface area (Å²) >= 11 is 3.93. The first-order valence-electron chi connectivity index (χ1n) is 6.69. The smallest absolute Gasteiger partial charge is 0.220 e. The fraction of sp³-hybridized carbons (Fsp3) is 0.333. The molecule has 0 amide bonds. The van der Waals surface area contributed by atoms with E-state index < -0.39 is 10.9 Å². The number of nitrogens with zero attached hydrogens (tertiary/aromatic N) is 2. The average molecular weight is 307 g/mol. The number of thiol groups is 1. The van der Waals surface area contributed by atoms with E-state index in [0.717, 1.165) is 0 Å². The van der Waals surface area contributed by atoms with Crippen molar-refractivity contribution in [3.05, 3.63) is 46.9 Å². The second-order valence-electron chi connectivity index (χ2n) is 5.22. The fourth-order valence-corrected chi connectivity index (χ4v) is 2.64. The topological polar surface area (TPSA) is 58.7 Å². The summed E-state index contributed by atoms with van der Waals surface area (Å²) < 4.78 is 14.1. The largest absolute Gasteiger partial charge is 0.290 e. The zero-order valence-electron chi connectivity index (χ0n) is 12.2. The first-order chi connectivity index (χ1) is 9.84. The molecule has 1 aromatic carbocycles. The van der Waals surface area contributed by atoms with Gasteiger partial charge in [0.05, 0.1) is 11.3 Å². The number of hydrogen-bond acceptors (Lipinski definition) is 4. The monoisotopic (exact) mass is 307 g/mol. The molecule has 1 unspecified atom stereocenters. The summed E-state index contributed by atoms with van der Waals surface area (Å²) in [4.78, 5) is 16.4. The Morgan fingerprint density at radius 2 is 2.05 bits per heavy atom. The average Bonchev–Trinajstić information content (AvgIpc) is 2.41. The molecule has 2 N–H and O–H groups in total. The molecule has 6 heteroatoms. The summed E-state index contributed by atoms with van der Waals surface area (Å²) in [5, 5.41) is 0.974. The molecule has 0 aromatic heterocycles. The minimum absolute atomic E-state index is 0.0131. The molecule has 21 heavy (non-hydrogen) atoms. The van der Waals surface area contributed by atoms with Crippen molar-refractivity contribution in [1.82, 2.24) is 5.01 Å². The molecule has 0 bridgehead atoms. The molecule has 0 spiro atoms. The van der Waals surface area contributed by atoms with Crippen LogP contribution in [0.2, 0.25) is 0 Å². The van der Waals surface area contributed by atoms with Crippen LogP contribution in [0.25, 0.3) is 0 Å². The molecule has 1 aliphatic heterocycles. The van der Waals surface area contributed by atoms with Crippen LogP contribution < -0.4 is 5.84 Å². The van der Waals surface area contributed by atoms with Gasteiger partial charge in [0, 0.05) is 11.3 Å². The van der Waals surface area contributed by atoms with Gasteiger partial charge in [0.25, 0.3) is 0 Å². The minimum Gasteiger partial charge on any atom is -0.290 e. The Morgan fingerprint density at radius 3 is 2.57 bits per heavy atom. The second kappa shape index (κ2) is 5.99. The molecule has 1 atom stereocenters. The van der Waals surface area contributed by atoms with Crippen molar-refractivity contribution in [1.29, 1.82) is 0 Å². The fourth-order valence-electron chi connectivity index (χ4n) is 2.42. The van der Waals surface area contributed by atoms with E-state index >= 15 is 0 Å². The lowest BCUT2D eigenvalue weighted by molar-refractivity contribution is -0.107. The standard InChI is InChI=1S/C15H18FN3OS/c1-8(2)14-12(15(20)21)13(18-9(3)19(14)17)10-6-4-5-7-11(10)16/h4-9H,17H2,1-3H3,(H,20,21). The van der Waals surface area contributed by atoms with Crippen LogP contribution >= 0.6 is 12.6 Å². The van der Waals surface area contributed by atoms with Gasteiger partial charge in [-0.2, -0.15) is 0 Å². The molecule has 0 radical (unpaired) electrons. The highest BCUT2D eigenvalue weighted by atomic mass is 32.1. The van der Waals surface area contributed by atoms with Gasteiger partial charge in [-0.15, -0.1) is 12.6 Å². The Morgan fingerprint density at radius 1 is 1.43 bits per heavy atom. The molecule has 0 saturated carbocycles. The highest BCUT2D eigenvalue weighted by Gasteiger charge is 2.32. The SMILES string of the molecule is CC(C)C1=C(C(=O)S)C(c2ccccc2F)=NC(C)N1N. The summed E-state index contributed by atoms with van der Waals surface area (Å²) in [6.07, 6.45) is -0.381. The van der Waals surface area contributed by atoms with E-state index in [1.54, 1.807) is 25.1 Å². The number of carbonyl (C=O) groups is 1. The van der Waals surface area contributed by atoms with E-state index in [1.165, 1.54) is 11.1 Å². The molecule has 0 aliphatic carbocycles. The lowest BCUT2D eigenvalue weighted by Crippen LogP contribution is -2.45. The molecule has 1 aromatic rings. The van der Waals surface area contributed by atoms with Gasteiger partial charge in [0.1, 0.15) is 12.0 Å². The lowest BCUT2D eigenvalue weighted by Gasteiger charge is -2.35. The van der Waals surface area contributed by atoms with Crippen LogP contribution in [0.4, 0.5) is 4.39 Å². The van der Waals surface area contributed by atoms with Crippen LogP contribution in [-0.2, 0) is 4.79 Å². The number of hydrogen-bond donors (Lipinski definition) is 2. The van der Waals surface area contributed by atoms with Crippen molar-refractivity contribution in [3.63, 3.8) is 0 Å². The summed E-state index contributed by atoms with van der Waals surface area (Å²) in [5.74, 6) is 5.58.